The zero-order valence-electron chi connectivity index (χ0n) is 4.74. The van der Waals surface area contributed by atoms with Crippen LogP contribution < -0.4 is 0 Å². The van der Waals surface area contributed by atoms with Gasteiger partial charge in [0.05, 0.1) is 0 Å². The van der Waals surface area contributed by atoms with Crippen LogP contribution in [0.3, 0.4) is 0 Å². The Morgan fingerprint density at radius 2 is 1.90 bits per heavy atom. The van der Waals surface area contributed by atoms with Crippen molar-refractivity contribution in [3.05, 3.63) is 28.0 Å². The Bertz CT molecular complexity index is 239. The van der Waals surface area contributed by atoms with Gasteiger partial charge in [0, 0.05) is 11.1 Å². The second-order valence-electron chi connectivity index (χ2n) is 1.72. The van der Waals surface area contributed by atoms with Crippen LogP contribution in [0.1, 0.15) is 0 Å². The molecule has 0 saturated carbocycles. The lowest BCUT2D eigenvalue weighted by molar-refractivity contribution is 0.469. The monoisotopic (exact) mass is 180 g/mol. The van der Waals surface area contributed by atoms with Gasteiger partial charge in [0.15, 0.2) is 0 Å². The summed E-state index contributed by atoms with van der Waals surface area (Å²) in [5, 5.41) is 8.65. The van der Waals surface area contributed by atoms with Crippen LogP contribution in [0.5, 0.6) is 5.75 Å². The van der Waals surface area contributed by atoms with Crippen molar-refractivity contribution in [2.24, 2.45) is 0 Å². The van der Waals surface area contributed by atoms with Crippen LogP contribution in [-0.2, 0) is 0 Å². The van der Waals surface area contributed by atoms with Crippen LogP contribution in [0.2, 0.25) is 10.0 Å². The van der Waals surface area contributed by atoms with Crippen LogP contribution in [0.4, 0.5) is 4.39 Å². The van der Waals surface area contributed by atoms with E-state index in [1.54, 1.807) is 0 Å². The largest absolute Gasteiger partial charge is 0.506 e. The van der Waals surface area contributed by atoms with Crippen LogP contribution in [-0.4, -0.2) is 5.11 Å². The molecule has 0 aliphatic heterocycles. The molecule has 54 valence electrons. The molecular weight excluding hydrogens is 178 g/mol. The molecule has 0 atom stereocenters. The van der Waals surface area contributed by atoms with E-state index in [9.17, 15) is 4.39 Å². The Labute approximate surface area is 67.0 Å². The smallest absolute Gasteiger partial charge is 0.147 e. The van der Waals surface area contributed by atoms with Crippen molar-refractivity contribution in [1.29, 1.82) is 0 Å². The summed E-state index contributed by atoms with van der Waals surface area (Å²) in [4.78, 5) is 0. The molecule has 1 aromatic carbocycles. The number of hydrogen-bond donors (Lipinski definition) is 1. The molecule has 0 aromatic heterocycles. The van der Waals surface area contributed by atoms with Gasteiger partial charge in [-0.15, -0.1) is 0 Å². The summed E-state index contributed by atoms with van der Waals surface area (Å²) in [6.07, 6.45) is 0. The predicted octanol–water partition coefficient (Wildman–Crippen LogP) is 2.84. The molecule has 1 aromatic rings. The number of benzene rings is 1. The first-order chi connectivity index (χ1) is 4.61. The van der Waals surface area contributed by atoms with Gasteiger partial charge in [0.25, 0.3) is 0 Å². The number of halogens is 3. The minimum atomic E-state index is -0.716. The summed E-state index contributed by atoms with van der Waals surface area (Å²) in [5.74, 6) is -1.06. The van der Waals surface area contributed by atoms with Gasteiger partial charge in [-0.05, 0) is 6.07 Å². The summed E-state index contributed by atoms with van der Waals surface area (Å²) in [5.41, 5.74) is 0. The van der Waals surface area contributed by atoms with Crippen LogP contribution in [0.15, 0.2) is 12.1 Å². The molecular formula is C6H3Cl2FO. The molecule has 0 aliphatic carbocycles. The predicted molar refractivity (Wildman–Crippen MR) is 38.1 cm³/mol. The molecule has 1 N–H and O–H groups in total. The quantitative estimate of drug-likeness (QED) is 0.610. The number of rotatable bonds is 0. The Morgan fingerprint density at radius 1 is 1.30 bits per heavy atom. The fourth-order valence-electron chi connectivity index (χ4n) is 0.542. The van der Waals surface area contributed by atoms with E-state index in [0.717, 1.165) is 6.07 Å². The van der Waals surface area contributed by atoms with Gasteiger partial charge in [-0.25, -0.2) is 4.39 Å². The molecule has 0 bridgehead atoms. The van der Waals surface area contributed by atoms with Gasteiger partial charge < -0.3 is 5.11 Å². The molecule has 1 rings (SSSR count). The third-order valence-corrected chi connectivity index (χ3v) is 1.57. The Hall–Kier alpha value is -0.470. The lowest BCUT2D eigenvalue weighted by Crippen LogP contribution is -1.76. The molecule has 0 amide bonds. The van der Waals surface area contributed by atoms with Gasteiger partial charge in [0.2, 0.25) is 0 Å². The molecule has 0 spiro atoms. The van der Waals surface area contributed by atoms with Gasteiger partial charge in [-0.3, -0.25) is 0 Å². The summed E-state index contributed by atoms with van der Waals surface area (Å²) in [6.45, 7) is 0. The highest BCUT2D eigenvalue weighted by atomic mass is 35.5. The Balaban J connectivity index is 3.31. The maximum atomic E-state index is 12.5. The Morgan fingerprint density at radius 3 is 2.40 bits per heavy atom. The van der Waals surface area contributed by atoms with Crippen LogP contribution >= 0.6 is 23.2 Å². The van der Waals surface area contributed by atoms with Gasteiger partial charge in [-0.2, -0.15) is 0 Å². The number of aromatic hydroxyl groups is 1. The zero-order valence-corrected chi connectivity index (χ0v) is 6.25. The van der Waals surface area contributed by atoms with Crippen molar-refractivity contribution in [2.45, 2.75) is 0 Å². The maximum absolute atomic E-state index is 12.5. The van der Waals surface area contributed by atoms with Crippen molar-refractivity contribution < 1.29 is 9.50 Å². The second-order valence-corrected chi connectivity index (χ2v) is 2.54. The average molecular weight is 181 g/mol. The van der Waals surface area contributed by atoms with Crippen molar-refractivity contribution >= 4 is 23.2 Å². The van der Waals surface area contributed by atoms with E-state index < -0.39 is 5.82 Å². The molecule has 1 nitrogen and oxygen atoms in total. The van der Waals surface area contributed by atoms with Gasteiger partial charge in [-0.1, -0.05) is 23.2 Å². The third kappa shape index (κ3) is 1.33. The van der Waals surface area contributed by atoms with E-state index in [0.29, 0.717) is 0 Å². The van der Waals surface area contributed by atoms with E-state index in [1.807, 2.05) is 0 Å². The Kier molecular flexibility index (Phi) is 2.02. The minimum absolute atomic E-state index is 0.124. The van der Waals surface area contributed by atoms with Crippen molar-refractivity contribution in [3.8, 4) is 5.75 Å². The topological polar surface area (TPSA) is 20.2 Å². The minimum Gasteiger partial charge on any atom is -0.506 e. The fraction of sp³-hybridized carbons (Fsp3) is 0. The molecule has 0 radical (unpaired) electrons. The van der Waals surface area contributed by atoms with E-state index in [2.05, 4.69) is 0 Å². The normalized spacial score (nSPS) is 9.90. The molecule has 10 heavy (non-hydrogen) atoms. The van der Waals surface area contributed by atoms with E-state index >= 15 is 0 Å². The number of phenols is 1. The van der Waals surface area contributed by atoms with Crippen molar-refractivity contribution in [2.75, 3.05) is 0 Å². The summed E-state index contributed by atoms with van der Waals surface area (Å²) >= 11 is 10.6. The lowest BCUT2D eigenvalue weighted by Gasteiger charge is -1.97. The second kappa shape index (κ2) is 2.64. The summed E-state index contributed by atoms with van der Waals surface area (Å²) in [6, 6.07) is 2.20. The summed E-state index contributed by atoms with van der Waals surface area (Å²) < 4.78 is 12.5. The molecule has 4 heteroatoms. The lowest BCUT2D eigenvalue weighted by atomic mass is 10.3. The fourth-order valence-corrected chi connectivity index (χ4v) is 0.851. The number of hydrogen-bond acceptors (Lipinski definition) is 1. The van der Waals surface area contributed by atoms with Gasteiger partial charge in [0.1, 0.15) is 16.6 Å². The molecule has 0 saturated heterocycles. The van der Waals surface area contributed by atoms with E-state index in [1.165, 1.54) is 6.07 Å². The van der Waals surface area contributed by atoms with Crippen LogP contribution in [0, 0.1) is 5.82 Å². The summed E-state index contributed by atoms with van der Waals surface area (Å²) in [7, 11) is 0. The first-order valence-corrected chi connectivity index (χ1v) is 3.20. The van der Waals surface area contributed by atoms with Crippen molar-refractivity contribution in [3.63, 3.8) is 0 Å². The standard InChI is InChI=1S/C6H3Cl2FO/c7-3-1-4(9)6(8)5(10)2-3/h1-2,10H. The highest BCUT2D eigenvalue weighted by Crippen LogP contribution is 2.29. The van der Waals surface area contributed by atoms with Crippen molar-refractivity contribution in [1.82, 2.24) is 0 Å². The highest BCUT2D eigenvalue weighted by molar-refractivity contribution is 6.34. The number of phenolic OH excluding ortho intramolecular Hbond substituents is 1. The zero-order chi connectivity index (χ0) is 7.72. The first-order valence-electron chi connectivity index (χ1n) is 2.45. The SMILES string of the molecule is Oc1cc(Cl)cc(F)c1Cl. The molecule has 0 unspecified atom stereocenters. The van der Waals surface area contributed by atoms with E-state index in [4.69, 9.17) is 28.3 Å². The molecule has 0 heterocycles. The highest BCUT2D eigenvalue weighted by Gasteiger charge is 2.05. The van der Waals surface area contributed by atoms with E-state index in [-0.39, 0.29) is 15.8 Å². The molecule has 0 aliphatic rings. The third-order valence-electron chi connectivity index (χ3n) is 0.974. The van der Waals surface area contributed by atoms with Crippen LogP contribution in [0.25, 0.3) is 0 Å². The first kappa shape index (κ1) is 7.63. The van der Waals surface area contributed by atoms with Gasteiger partial charge >= 0.3 is 0 Å². The molecule has 0 fully saturated rings. The maximum Gasteiger partial charge on any atom is 0.147 e. The average Bonchev–Trinajstić information content (AvgIpc) is 1.82.